The molecule has 1 fully saturated rings. The summed E-state index contributed by atoms with van der Waals surface area (Å²) in [7, 11) is 1.62. The molecular formula is C22H30N5O2+. The van der Waals surface area contributed by atoms with Gasteiger partial charge in [-0.3, -0.25) is 4.79 Å². The second-order valence-corrected chi connectivity index (χ2v) is 7.82. The molecule has 1 N–H and O–H groups in total. The molecule has 3 heterocycles. The third-order valence-corrected chi connectivity index (χ3v) is 6.02. The maximum Gasteiger partial charge on any atom is 0.254 e. The highest BCUT2D eigenvalue weighted by molar-refractivity contribution is 5.94. The normalized spacial score (nSPS) is 17.2. The van der Waals surface area contributed by atoms with Crippen LogP contribution in [0.3, 0.4) is 0 Å². The van der Waals surface area contributed by atoms with Gasteiger partial charge in [0.05, 0.1) is 52.1 Å². The van der Waals surface area contributed by atoms with Crippen molar-refractivity contribution in [2.75, 3.05) is 51.3 Å². The first kappa shape index (κ1) is 19.6. The zero-order valence-corrected chi connectivity index (χ0v) is 17.6. The number of benzene rings is 1. The summed E-state index contributed by atoms with van der Waals surface area (Å²) in [5.74, 6) is 2.56. The Balaban J connectivity index is 1.59. The molecule has 2 aromatic rings. The van der Waals surface area contributed by atoms with Gasteiger partial charge in [-0.15, -0.1) is 0 Å². The van der Waals surface area contributed by atoms with Gasteiger partial charge in [-0.05, 0) is 32.0 Å². The van der Waals surface area contributed by atoms with Crippen LogP contribution >= 0.6 is 0 Å². The van der Waals surface area contributed by atoms with Crippen molar-refractivity contribution in [3.8, 4) is 5.75 Å². The Labute approximate surface area is 172 Å². The van der Waals surface area contributed by atoms with Gasteiger partial charge in [-0.2, -0.15) is 0 Å². The van der Waals surface area contributed by atoms with E-state index < -0.39 is 0 Å². The molecule has 154 valence electrons. The summed E-state index contributed by atoms with van der Waals surface area (Å²) >= 11 is 0. The van der Waals surface area contributed by atoms with E-state index in [2.05, 4.69) is 11.8 Å². The van der Waals surface area contributed by atoms with Crippen LogP contribution in [0.25, 0.3) is 0 Å². The van der Waals surface area contributed by atoms with E-state index in [0.29, 0.717) is 24.4 Å². The van der Waals surface area contributed by atoms with Gasteiger partial charge in [0.15, 0.2) is 0 Å². The van der Waals surface area contributed by atoms with Crippen LogP contribution < -0.4 is 14.5 Å². The molecule has 7 nitrogen and oxygen atoms in total. The Hall–Kier alpha value is -2.67. The number of hydrogen-bond acceptors (Lipinski definition) is 5. The SMILES string of the molecule is CC[NH+]1CCN(c2nc(C)nc3c2CN(C(=O)c2cccc(OC)c2)CC3)CC1. The number of nitrogens with one attached hydrogen (secondary N) is 1. The number of carbonyl (C=O) groups excluding carboxylic acids is 1. The Kier molecular flexibility index (Phi) is 5.67. The molecule has 0 radical (unpaired) electrons. The molecule has 0 bridgehead atoms. The fourth-order valence-electron chi connectivity index (χ4n) is 4.28. The van der Waals surface area contributed by atoms with E-state index >= 15 is 0 Å². The summed E-state index contributed by atoms with van der Waals surface area (Å²) in [6.07, 6.45) is 0.765. The topological polar surface area (TPSA) is 63.0 Å². The number of likely N-dealkylation sites (N-methyl/N-ethyl adjacent to an activating group) is 1. The van der Waals surface area contributed by atoms with Gasteiger partial charge in [-0.25, -0.2) is 9.97 Å². The average molecular weight is 397 g/mol. The second kappa shape index (κ2) is 8.37. The number of amides is 1. The lowest BCUT2D eigenvalue weighted by atomic mass is 10.0. The molecule has 2 aliphatic rings. The van der Waals surface area contributed by atoms with Gasteiger partial charge in [0.2, 0.25) is 0 Å². The maximum atomic E-state index is 13.1. The van der Waals surface area contributed by atoms with E-state index in [1.807, 2.05) is 30.0 Å². The smallest absolute Gasteiger partial charge is 0.254 e. The Morgan fingerprint density at radius 1 is 1.21 bits per heavy atom. The third-order valence-electron chi connectivity index (χ3n) is 6.02. The lowest BCUT2D eigenvalue weighted by Gasteiger charge is -2.36. The van der Waals surface area contributed by atoms with Gasteiger partial charge >= 0.3 is 0 Å². The van der Waals surface area contributed by atoms with E-state index in [0.717, 1.165) is 62.0 Å². The number of quaternary nitrogens is 1. The van der Waals surface area contributed by atoms with Crippen LogP contribution in [-0.2, 0) is 13.0 Å². The molecule has 0 unspecified atom stereocenters. The molecule has 2 aliphatic heterocycles. The molecule has 0 atom stereocenters. The minimum Gasteiger partial charge on any atom is -0.497 e. The zero-order valence-electron chi connectivity index (χ0n) is 17.6. The summed E-state index contributed by atoms with van der Waals surface area (Å²) in [6, 6.07) is 7.36. The molecule has 1 aromatic carbocycles. The summed E-state index contributed by atoms with van der Waals surface area (Å²) in [4.78, 5) is 28.5. The van der Waals surface area contributed by atoms with Crippen LogP contribution in [0.5, 0.6) is 5.75 Å². The lowest BCUT2D eigenvalue weighted by molar-refractivity contribution is -0.898. The predicted octanol–water partition coefficient (Wildman–Crippen LogP) is 0.717. The van der Waals surface area contributed by atoms with Crippen molar-refractivity contribution in [1.29, 1.82) is 0 Å². The highest BCUT2D eigenvalue weighted by Crippen LogP contribution is 2.28. The molecule has 0 spiro atoms. The maximum absolute atomic E-state index is 13.1. The van der Waals surface area contributed by atoms with E-state index in [1.165, 1.54) is 0 Å². The van der Waals surface area contributed by atoms with E-state index in [-0.39, 0.29) is 5.91 Å². The third kappa shape index (κ3) is 4.05. The molecule has 0 aliphatic carbocycles. The molecule has 7 heteroatoms. The van der Waals surface area contributed by atoms with Crippen LogP contribution in [0, 0.1) is 6.92 Å². The number of rotatable bonds is 4. The second-order valence-electron chi connectivity index (χ2n) is 7.82. The van der Waals surface area contributed by atoms with Crippen molar-refractivity contribution in [2.45, 2.75) is 26.8 Å². The molecule has 1 saturated heterocycles. The van der Waals surface area contributed by atoms with Crippen LogP contribution in [0.15, 0.2) is 24.3 Å². The number of piperazine rings is 1. The predicted molar refractivity (Wildman–Crippen MR) is 112 cm³/mol. The average Bonchev–Trinajstić information content (AvgIpc) is 2.77. The highest BCUT2D eigenvalue weighted by Gasteiger charge is 2.29. The number of aryl methyl sites for hydroxylation is 1. The van der Waals surface area contributed by atoms with Crippen molar-refractivity contribution >= 4 is 11.7 Å². The zero-order chi connectivity index (χ0) is 20.4. The van der Waals surface area contributed by atoms with Crippen molar-refractivity contribution in [3.63, 3.8) is 0 Å². The van der Waals surface area contributed by atoms with Crippen molar-refractivity contribution in [2.24, 2.45) is 0 Å². The van der Waals surface area contributed by atoms with Crippen LogP contribution in [0.4, 0.5) is 5.82 Å². The van der Waals surface area contributed by atoms with E-state index in [9.17, 15) is 4.79 Å². The fraction of sp³-hybridized carbons (Fsp3) is 0.500. The number of aromatic nitrogens is 2. The lowest BCUT2D eigenvalue weighted by Crippen LogP contribution is -3.14. The fourth-order valence-corrected chi connectivity index (χ4v) is 4.28. The quantitative estimate of drug-likeness (QED) is 0.825. The Morgan fingerprint density at radius 2 is 2.00 bits per heavy atom. The molecule has 0 saturated carbocycles. The molecule has 1 amide bonds. The molecule has 4 rings (SSSR count). The minimum absolute atomic E-state index is 0.0290. The monoisotopic (exact) mass is 396 g/mol. The summed E-state index contributed by atoms with van der Waals surface area (Å²) < 4.78 is 5.28. The summed E-state index contributed by atoms with van der Waals surface area (Å²) in [6.45, 7) is 10.8. The van der Waals surface area contributed by atoms with E-state index in [4.69, 9.17) is 14.7 Å². The Morgan fingerprint density at radius 3 is 2.72 bits per heavy atom. The number of methoxy groups -OCH3 is 1. The van der Waals surface area contributed by atoms with Gasteiger partial charge in [-0.1, -0.05) is 6.07 Å². The standard InChI is InChI=1S/C22H29N5O2/c1-4-25-10-12-26(13-11-25)21-19-15-27(9-8-20(19)23-16(2)24-21)22(28)17-6-5-7-18(14-17)29-3/h5-7,14H,4,8-13,15H2,1-3H3/p+1. The van der Waals surface area contributed by atoms with Crippen LogP contribution in [-0.4, -0.2) is 67.2 Å². The first-order chi connectivity index (χ1) is 14.1. The summed E-state index contributed by atoms with van der Waals surface area (Å²) in [5, 5.41) is 0. The number of nitrogens with zero attached hydrogens (tertiary/aromatic N) is 4. The van der Waals surface area contributed by atoms with Crippen LogP contribution in [0.2, 0.25) is 0 Å². The highest BCUT2D eigenvalue weighted by atomic mass is 16.5. The number of carbonyl (C=O) groups is 1. The Bertz CT molecular complexity index is 893. The van der Waals surface area contributed by atoms with Crippen molar-refractivity contribution < 1.29 is 14.4 Å². The van der Waals surface area contributed by atoms with Crippen molar-refractivity contribution in [1.82, 2.24) is 14.9 Å². The molecule has 29 heavy (non-hydrogen) atoms. The van der Waals surface area contributed by atoms with Gasteiger partial charge < -0.3 is 19.4 Å². The van der Waals surface area contributed by atoms with E-state index in [1.54, 1.807) is 18.1 Å². The molecule has 1 aromatic heterocycles. The largest absolute Gasteiger partial charge is 0.497 e. The minimum atomic E-state index is 0.0290. The van der Waals surface area contributed by atoms with Gasteiger partial charge in [0, 0.05) is 24.1 Å². The number of ether oxygens (including phenoxy) is 1. The van der Waals surface area contributed by atoms with Gasteiger partial charge in [0.1, 0.15) is 17.4 Å². The first-order valence-electron chi connectivity index (χ1n) is 10.5. The number of fused-ring (bicyclic) bond motifs is 1. The van der Waals surface area contributed by atoms with Crippen molar-refractivity contribution in [3.05, 3.63) is 46.9 Å². The number of hydrogen-bond donors (Lipinski definition) is 1. The van der Waals surface area contributed by atoms with Gasteiger partial charge in [0.25, 0.3) is 5.91 Å². The van der Waals surface area contributed by atoms with Crippen LogP contribution in [0.1, 0.15) is 34.4 Å². The molecular weight excluding hydrogens is 366 g/mol. The number of anilines is 1. The first-order valence-corrected chi connectivity index (χ1v) is 10.5. The summed E-state index contributed by atoms with van der Waals surface area (Å²) in [5.41, 5.74) is 2.85.